The van der Waals surface area contributed by atoms with Gasteiger partial charge in [0.15, 0.2) is 5.11 Å². The van der Waals surface area contributed by atoms with Crippen LogP contribution in [0.5, 0.6) is 0 Å². The summed E-state index contributed by atoms with van der Waals surface area (Å²) in [5.74, 6) is 1.13. The Labute approximate surface area is 156 Å². The minimum absolute atomic E-state index is 0.173. The summed E-state index contributed by atoms with van der Waals surface area (Å²) >= 11 is 5.26. The first-order chi connectivity index (χ1) is 12.6. The highest BCUT2D eigenvalue weighted by molar-refractivity contribution is 7.80. The van der Waals surface area contributed by atoms with Gasteiger partial charge in [0.05, 0.1) is 11.6 Å². The predicted octanol–water partition coefficient (Wildman–Crippen LogP) is 1.08. The van der Waals surface area contributed by atoms with Crippen molar-refractivity contribution in [2.75, 3.05) is 0 Å². The molecular weight excluding hydrogens is 350 g/mol. The molecule has 26 heavy (non-hydrogen) atoms. The van der Waals surface area contributed by atoms with Gasteiger partial charge < -0.3 is 5.32 Å². The van der Waals surface area contributed by atoms with E-state index in [-0.39, 0.29) is 18.0 Å². The Balaban J connectivity index is 1.31. The van der Waals surface area contributed by atoms with Gasteiger partial charge in [-0.05, 0) is 49.4 Å². The van der Waals surface area contributed by atoms with Gasteiger partial charge in [0.1, 0.15) is 6.54 Å². The molecule has 1 amide bonds. The average Bonchev–Trinajstić information content (AvgIpc) is 3.26. The number of hydrogen-bond donors (Lipinski definition) is 3. The van der Waals surface area contributed by atoms with E-state index in [0.717, 1.165) is 22.4 Å². The number of nitrogens with one attached hydrogen (secondary N) is 3. The Morgan fingerprint density at radius 2 is 2.08 bits per heavy atom. The number of benzene rings is 1. The molecule has 2 aromatic rings. The number of aromatic nitrogens is 2. The van der Waals surface area contributed by atoms with Crippen molar-refractivity contribution in [1.82, 2.24) is 25.9 Å². The molecular formula is C18H21N5O2S. The van der Waals surface area contributed by atoms with Crippen molar-refractivity contribution in [2.45, 2.75) is 38.3 Å². The summed E-state index contributed by atoms with van der Waals surface area (Å²) in [6.07, 6.45) is 6.60. The molecule has 0 aliphatic heterocycles. The van der Waals surface area contributed by atoms with Crippen LogP contribution in [-0.2, 0) is 11.3 Å². The fourth-order valence-electron chi connectivity index (χ4n) is 4.17. The molecule has 2 bridgehead atoms. The van der Waals surface area contributed by atoms with Crippen molar-refractivity contribution in [3.63, 3.8) is 0 Å². The standard InChI is InChI=1S/C18H21N5O2S/c24-16(10-23-17(25)14-4-2-1-3-13(14)9-19-23)21-22-18(26)20-15-8-11-5-6-12(15)7-11/h1-4,9,11-12,15H,5-8,10H2,(H,21,24)(H2,20,22,26)/t11-,12+,15+/m0/s1. The summed E-state index contributed by atoms with van der Waals surface area (Å²) < 4.78 is 1.14. The predicted molar refractivity (Wildman–Crippen MR) is 102 cm³/mol. The number of fused-ring (bicyclic) bond motifs is 3. The molecule has 4 rings (SSSR count). The lowest BCUT2D eigenvalue weighted by Crippen LogP contribution is -2.51. The molecule has 1 heterocycles. The zero-order valence-electron chi connectivity index (χ0n) is 14.3. The number of nitrogens with zero attached hydrogens (tertiary/aromatic N) is 2. The lowest BCUT2D eigenvalue weighted by atomic mass is 9.96. The van der Waals surface area contributed by atoms with Crippen molar-refractivity contribution in [1.29, 1.82) is 0 Å². The fourth-order valence-corrected chi connectivity index (χ4v) is 4.37. The van der Waals surface area contributed by atoms with E-state index in [4.69, 9.17) is 12.2 Å². The average molecular weight is 371 g/mol. The fraction of sp³-hybridized carbons (Fsp3) is 0.444. The Kier molecular flexibility index (Phi) is 4.58. The molecule has 0 spiro atoms. The van der Waals surface area contributed by atoms with Crippen LogP contribution in [0.1, 0.15) is 25.7 Å². The van der Waals surface area contributed by atoms with Gasteiger partial charge in [0.25, 0.3) is 11.5 Å². The SMILES string of the molecule is O=C(Cn1ncc2ccccc2c1=O)NNC(=S)N[C@@H]1C[C@H]2CC[C@@H]1C2. The highest BCUT2D eigenvalue weighted by atomic mass is 32.1. The van der Waals surface area contributed by atoms with Crippen molar-refractivity contribution >= 4 is 34.0 Å². The van der Waals surface area contributed by atoms with E-state index in [1.165, 1.54) is 19.3 Å². The van der Waals surface area contributed by atoms with Crippen LogP contribution < -0.4 is 21.7 Å². The molecule has 0 unspecified atom stereocenters. The van der Waals surface area contributed by atoms with Gasteiger partial charge in [0.2, 0.25) is 0 Å². The molecule has 3 atom stereocenters. The summed E-state index contributed by atoms with van der Waals surface area (Å²) in [6, 6.07) is 7.57. The van der Waals surface area contributed by atoms with Crippen LogP contribution >= 0.6 is 12.2 Å². The third-order valence-electron chi connectivity index (χ3n) is 5.43. The number of amides is 1. The number of carbonyl (C=O) groups is 1. The normalized spacial score (nSPS) is 23.8. The van der Waals surface area contributed by atoms with E-state index in [1.54, 1.807) is 18.3 Å². The summed E-state index contributed by atoms with van der Waals surface area (Å²) in [5, 5.41) is 9.04. The maximum Gasteiger partial charge on any atom is 0.275 e. The van der Waals surface area contributed by atoms with Crippen LogP contribution in [0, 0.1) is 11.8 Å². The molecule has 1 aromatic heterocycles. The molecule has 2 fully saturated rings. The molecule has 7 nitrogen and oxygen atoms in total. The highest BCUT2D eigenvalue weighted by Gasteiger charge is 2.39. The molecule has 3 N–H and O–H groups in total. The van der Waals surface area contributed by atoms with Gasteiger partial charge in [-0.15, -0.1) is 0 Å². The zero-order chi connectivity index (χ0) is 18.1. The maximum atomic E-state index is 12.4. The molecule has 0 radical (unpaired) electrons. The van der Waals surface area contributed by atoms with Crippen LogP contribution in [0.2, 0.25) is 0 Å². The third-order valence-corrected chi connectivity index (χ3v) is 5.65. The smallest absolute Gasteiger partial charge is 0.275 e. The summed E-state index contributed by atoms with van der Waals surface area (Å²) in [4.78, 5) is 24.5. The number of hydrazine groups is 1. The summed E-state index contributed by atoms with van der Waals surface area (Å²) in [6.45, 7) is -0.173. The minimum atomic E-state index is -0.382. The molecule has 8 heteroatoms. The van der Waals surface area contributed by atoms with Gasteiger partial charge in [-0.2, -0.15) is 5.10 Å². The summed E-state index contributed by atoms with van der Waals surface area (Å²) in [5.41, 5.74) is 4.96. The van der Waals surface area contributed by atoms with Crippen molar-refractivity contribution in [3.8, 4) is 0 Å². The first kappa shape index (κ1) is 17.0. The third kappa shape index (κ3) is 3.41. The van der Waals surface area contributed by atoms with E-state index in [1.807, 2.05) is 12.1 Å². The van der Waals surface area contributed by atoms with Gasteiger partial charge in [-0.25, -0.2) is 4.68 Å². The second-order valence-corrected chi connectivity index (χ2v) is 7.53. The molecule has 1 aromatic carbocycles. The Morgan fingerprint density at radius 3 is 2.85 bits per heavy atom. The minimum Gasteiger partial charge on any atom is -0.358 e. The monoisotopic (exact) mass is 371 g/mol. The topological polar surface area (TPSA) is 88.0 Å². The molecule has 0 saturated heterocycles. The van der Waals surface area contributed by atoms with Crippen molar-refractivity contribution < 1.29 is 4.79 Å². The molecule has 2 aliphatic carbocycles. The lowest BCUT2D eigenvalue weighted by molar-refractivity contribution is -0.122. The molecule has 136 valence electrons. The Morgan fingerprint density at radius 1 is 1.23 bits per heavy atom. The van der Waals surface area contributed by atoms with E-state index >= 15 is 0 Å². The highest BCUT2D eigenvalue weighted by Crippen LogP contribution is 2.44. The van der Waals surface area contributed by atoms with Gasteiger partial charge >= 0.3 is 0 Å². The zero-order valence-corrected chi connectivity index (χ0v) is 15.1. The second-order valence-electron chi connectivity index (χ2n) is 7.12. The second kappa shape index (κ2) is 7.03. The number of carbonyl (C=O) groups excluding carboxylic acids is 1. The van der Waals surface area contributed by atoms with Crippen LogP contribution in [0.3, 0.4) is 0 Å². The van der Waals surface area contributed by atoms with Crippen molar-refractivity contribution in [3.05, 3.63) is 40.8 Å². The van der Waals surface area contributed by atoms with Gasteiger partial charge in [-0.3, -0.25) is 20.4 Å². The number of rotatable bonds is 3. The van der Waals surface area contributed by atoms with Crippen LogP contribution in [-0.4, -0.2) is 26.8 Å². The van der Waals surface area contributed by atoms with Crippen LogP contribution in [0.25, 0.3) is 10.8 Å². The number of thiocarbonyl (C=S) groups is 1. The Hall–Kier alpha value is -2.48. The van der Waals surface area contributed by atoms with E-state index in [0.29, 0.717) is 22.5 Å². The van der Waals surface area contributed by atoms with E-state index < -0.39 is 0 Å². The molecule has 2 aliphatic rings. The first-order valence-corrected chi connectivity index (χ1v) is 9.31. The van der Waals surface area contributed by atoms with Gasteiger partial charge in [-0.1, -0.05) is 24.6 Å². The quantitative estimate of drug-likeness (QED) is 0.553. The molecule has 2 saturated carbocycles. The number of hydrogen-bond acceptors (Lipinski definition) is 4. The largest absolute Gasteiger partial charge is 0.358 e. The van der Waals surface area contributed by atoms with Crippen LogP contribution in [0.4, 0.5) is 0 Å². The Bertz CT molecular complexity index is 912. The first-order valence-electron chi connectivity index (χ1n) is 8.90. The van der Waals surface area contributed by atoms with Crippen molar-refractivity contribution in [2.24, 2.45) is 11.8 Å². The van der Waals surface area contributed by atoms with Crippen LogP contribution in [0.15, 0.2) is 35.3 Å². The lowest BCUT2D eigenvalue weighted by Gasteiger charge is -2.24. The van der Waals surface area contributed by atoms with E-state index in [9.17, 15) is 9.59 Å². The maximum absolute atomic E-state index is 12.4. The summed E-state index contributed by atoms with van der Waals surface area (Å²) in [7, 11) is 0. The van der Waals surface area contributed by atoms with E-state index in [2.05, 4.69) is 21.3 Å². The van der Waals surface area contributed by atoms with Gasteiger partial charge in [0, 0.05) is 11.4 Å².